The summed E-state index contributed by atoms with van der Waals surface area (Å²) in [5, 5.41) is 26.5. The van der Waals surface area contributed by atoms with Crippen LogP contribution < -0.4 is 10.1 Å². The van der Waals surface area contributed by atoms with Crippen LogP contribution in [-0.2, 0) is 11.8 Å². The molecule has 4 fully saturated rings. The Labute approximate surface area is 174 Å². The largest absolute Gasteiger partial charge is 0.504 e. The van der Waals surface area contributed by atoms with Crippen LogP contribution in [0.15, 0.2) is 12.1 Å². The van der Waals surface area contributed by atoms with Crippen molar-refractivity contribution in [3.05, 3.63) is 23.3 Å². The van der Waals surface area contributed by atoms with Crippen LogP contribution in [0.1, 0.15) is 71.4 Å². The zero-order valence-electron chi connectivity index (χ0n) is 18.4. The molecule has 1 aromatic rings. The SMILES string of the molecule is CC12CC[C@@]3(C[C@@H]1[C@](C)(O)C(C)(C)C)[C@H]1Cc4ccc(O)c5c4[C@@]3(CCN1)[C@H]2O5. The minimum atomic E-state index is -0.786. The lowest BCUT2D eigenvalue weighted by Crippen LogP contribution is -2.79. The molecule has 7 atom stereocenters. The third-order valence-corrected chi connectivity index (χ3v) is 10.5. The third kappa shape index (κ3) is 1.75. The molecule has 0 radical (unpaired) electrons. The summed E-state index contributed by atoms with van der Waals surface area (Å²) in [6.45, 7) is 11.9. The van der Waals surface area contributed by atoms with E-state index in [4.69, 9.17) is 4.74 Å². The van der Waals surface area contributed by atoms with Crippen molar-refractivity contribution in [1.82, 2.24) is 5.32 Å². The number of hydrogen-bond donors (Lipinski definition) is 3. The predicted octanol–water partition coefficient (Wildman–Crippen LogP) is 3.91. The van der Waals surface area contributed by atoms with E-state index in [1.54, 1.807) is 0 Å². The van der Waals surface area contributed by atoms with Gasteiger partial charge < -0.3 is 20.3 Å². The monoisotopic (exact) mass is 397 g/mol. The van der Waals surface area contributed by atoms with Crippen LogP contribution in [0, 0.1) is 22.2 Å². The molecule has 4 heteroatoms. The number of aromatic hydroxyl groups is 1. The normalized spacial score (nSPS) is 46.1. The zero-order valence-corrected chi connectivity index (χ0v) is 18.4. The smallest absolute Gasteiger partial charge is 0.165 e. The lowest BCUT2D eigenvalue weighted by atomic mass is 9.31. The molecule has 7 rings (SSSR count). The maximum atomic E-state index is 11.9. The second-order valence-corrected chi connectivity index (χ2v) is 12.2. The standard InChI is InChI=1S/C25H35NO3/c1-21(2,3)23(5,28)16-13-24-9-8-22(16,4)20-25(24)10-11-26-17(24)12-14-6-7-15(27)19(29-20)18(14)25/h6-7,16-17,20,26-28H,8-13H2,1-5H3/t16-,17+,20-,22?,23-,24+,25-/m0/s1. The summed E-state index contributed by atoms with van der Waals surface area (Å²) >= 11 is 0. The highest BCUT2D eigenvalue weighted by Crippen LogP contribution is 2.78. The van der Waals surface area contributed by atoms with Gasteiger partial charge in [-0.15, -0.1) is 0 Å². The van der Waals surface area contributed by atoms with Gasteiger partial charge in [0.1, 0.15) is 6.10 Å². The summed E-state index contributed by atoms with van der Waals surface area (Å²) in [4.78, 5) is 0. The van der Waals surface area contributed by atoms with Gasteiger partial charge in [0.15, 0.2) is 11.5 Å². The highest BCUT2D eigenvalue weighted by molar-refractivity contribution is 5.62. The third-order valence-electron chi connectivity index (χ3n) is 10.5. The van der Waals surface area contributed by atoms with Crippen molar-refractivity contribution in [2.45, 2.75) is 89.9 Å². The quantitative estimate of drug-likeness (QED) is 0.672. The Balaban J connectivity index is 1.63. The molecule has 3 saturated carbocycles. The van der Waals surface area contributed by atoms with E-state index in [0.717, 1.165) is 38.0 Å². The fourth-order valence-corrected chi connectivity index (χ4v) is 8.66. The predicted molar refractivity (Wildman–Crippen MR) is 112 cm³/mol. The molecule has 2 aliphatic heterocycles. The number of fused-ring (bicyclic) bond motifs is 2. The fraction of sp³-hybridized carbons (Fsp3) is 0.760. The molecule has 1 saturated heterocycles. The van der Waals surface area contributed by atoms with Crippen LogP contribution in [0.25, 0.3) is 0 Å². The average Bonchev–Trinajstić information content (AvgIpc) is 2.99. The van der Waals surface area contributed by atoms with Crippen molar-refractivity contribution in [2.75, 3.05) is 6.54 Å². The van der Waals surface area contributed by atoms with Crippen LogP contribution >= 0.6 is 0 Å². The maximum absolute atomic E-state index is 11.9. The van der Waals surface area contributed by atoms with Gasteiger partial charge in [0.05, 0.1) is 5.60 Å². The summed E-state index contributed by atoms with van der Waals surface area (Å²) in [6, 6.07) is 4.37. The molecule has 1 aromatic carbocycles. The molecule has 0 amide bonds. The van der Waals surface area contributed by atoms with E-state index in [2.05, 4.69) is 46.0 Å². The number of phenolic OH excluding ortho intramolecular Hbond substituents is 1. The molecule has 3 N–H and O–H groups in total. The van der Waals surface area contributed by atoms with E-state index in [1.165, 1.54) is 17.5 Å². The molecular formula is C25H35NO3. The Morgan fingerprint density at radius 2 is 1.90 bits per heavy atom. The number of ether oxygens (including phenoxy) is 1. The molecule has 4 nitrogen and oxygen atoms in total. The number of phenols is 1. The van der Waals surface area contributed by atoms with Crippen molar-refractivity contribution in [2.24, 2.45) is 22.2 Å². The molecule has 2 heterocycles. The van der Waals surface area contributed by atoms with Crippen LogP contribution in [0.2, 0.25) is 0 Å². The topological polar surface area (TPSA) is 61.7 Å². The number of aliphatic hydroxyl groups is 1. The van der Waals surface area contributed by atoms with E-state index in [-0.39, 0.29) is 33.7 Å². The molecule has 4 bridgehead atoms. The van der Waals surface area contributed by atoms with Gasteiger partial charge in [-0.25, -0.2) is 0 Å². The van der Waals surface area contributed by atoms with E-state index in [9.17, 15) is 10.2 Å². The van der Waals surface area contributed by atoms with Crippen LogP contribution in [0.4, 0.5) is 0 Å². The molecule has 29 heavy (non-hydrogen) atoms. The minimum Gasteiger partial charge on any atom is -0.504 e. The van der Waals surface area contributed by atoms with Gasteiger partial charge in [-0.3, -0.25) is 0 Å². The number of nitrogens with one attached hydrogen (secondary N) is 1. The number of rotatable bonds is 1. The summed E-state index contributed by atoms with van der Waals surface area (Å²) in [5.74, 6) is 1.21. The maximum Gasteiger partial charge on any atom is 0.165 e. The Kier molecular flexibility index (Phi) is 3.17. The first-order valence-electron chi connectivity index (χ1n) is 11.5. The molecule has 1 unspecified atom stereocenters. The van der Waals surface area contributed by atoms with Crippen molar-refractivity contribution in [3.63, 3.8) is 0 Å². The Bertz CT molecular complexity index is 917. The van der Waals surface area contributed by atoms with Crippen LogP contribution in [-0.4, -0.2) is 34.5 Å². The Hall–Kier alpha value is -1.26. The first-order valence-corrected chi connectivity index (χ1v) is 11.5. The second-order valence-electron chi connectivity index (χ2n) is 12.2. The zero-order chi connectivity index (χ0) is 20.6. The van der Waals surface area contributed by atoms with E-state index in [0.29, 0.717) is 11.8 Å². The fourth-order valence-electron chi connectivity index (χ4n) is 8.66. The summed E-state index contributed by atoms with van der Waals surface area (Å²) in [6.07, 6.45) is 5.41. The molecule has 6 aliphatic rings. The average molecular weight is 398 g/mol. The summed E-state index contributed by atoms with van der Waals surface area (Å²) < 4.78 is 6.79. The van der Waals surface area contributed by atoms with Crippen molar-refractivity contribution >= 4 is 0 Å². The van der Waals surface area contributed by atoms with Gasteiger partial charge >= 0.3 is 0 Å². The van der Waals surface area contributed by atoms with Gasteiger partial charge in [0.2, 0.25) is 0 Å². The van der Waals surface area contributed by atoms with Gasteiger partial charge in [-0.2, -0.15) is 0 Å². The van der Waals surface area contributed by atoms with Crippen LogP contribution in [0.3, 0.4) is 0 Å². The highest BCUT2D eigenvalue weighted by atomic mass is 16.5. The molecule has 4 aliphatic carbocycles. The van der Waals surface area contributed by atoms with E-state index in [1.807, 2.05) is 6.07 Å². The first kappa shape index (κ1) is 18.5. The minimum absolute atomic E-state index is 0.0258. The number of piperidine rings is 1. The van der Waals surface area contributed by atoms with Gasteiger partial charge in [-0.05, 0) is 74.0 Å². The van der Waals surface area contributed by atoms with Crippen molar-refractivity contribution in [1.29, 1.82) is 0 Å². The second kappa shape index (κ2) is 4.96. The Morgan fingerprint density at radius 1 is 1.14 bits per heavy atom. The number of hydrogen-bond acceptors (Lipinski definition) is 4. The van der Waals surface area contributed by atoms with Crippen molar-refractivity contribution < 1.29 is 14.9 Å². The van der Waals surface area contributed by atoms with Crippen LogP contribution in [0.5, 0.6) is 11.5 Å². The van der Waals surface area contributed by atoms with E-state index >= 15 is 0 Å². The first-order chi connectivity index (χ1) is 13.5. The van der Waals surface area contributed by atoms with Gasteiger partial charge in [0.25, 0.3) is 0 Å². The summed E-state index contributed by atoms with van der Waals surface area (Å²) in [7, 11) is 0. The van der Waals surface area contributed by atoms with Crippen molar-refractivity contribution in [3.8, 4) is 11.5 Å². The summed E-state index contributed by atoms with van der Waals surface area (Å²) in [5.41, 5.74) is 1.64. The number of benzene rings is 1. The van der Waals surface area contributed by atoms with Gasteiger partial charge in [-0.1, -0.05) is 33.8 Å². The molecular weight excluding hydrogens is 362 g/mol. The lowest BCUT2D eigenvalue weighted by Gasteiger charge is -2.74. The molecule has 0 aromatic heterocycles. The van der Waals surface area contributed by atoms with Gasteiger partial charge in [0, 0.05) is 22.4 Å². The van der Waals surface area contributed by atoms with E-state index < -0.39 is 5.60 Å². The molecule has 158 valence electrons. The lowest BCUT2D eigenvalue weighted by molar-refractivity contribution is -0.263. The Morgan fingerprint density at radius 3 is 2.62 bits per heavy atom. The molecule has 2 spiro atoms. The highest BCUT2D eigenvalue weighted by Gasteiger charge is 2.79.